The Morgan fingerprint density at radius 2 is 1.93 bits per heavy atom. The molecule has 0 aliphatic carbocycles. The number of aromatic nitrogens is 1. The molecule has 15 heavy (non-hydrogen) atoms. The van der Waals surface area contributed by atoms with E-state index in [-0.39, 0.29) is 12.2 Å². The molecule has 6 heteroatoms. The molecule has 0 aromatic carbocycles. The first-order chi connectivity index (χ1) is 7.01. The minimum Gasteiger partial charge on any atom is -0.748 e. The quantitative estimate of drug-likeness (QED) is 0.450. The highest BCUT2D eigenvalue weighted by Crippen LogP contribution is 1.99. The van der Waals surface area contributed by atoms with Gasteiger partial charge in [-0.15, -0.1) is 0 Å². The van der Waals surface area contributed by atoms with Gasteiger partial charge in [0.15, 0.2) is 18.9 Å². The third-order valence-electron chi connectivity index (χ3n) is 1.94. The summed E-state index contributed by atoms with van der Waals surface area (Å²) >= 11 is 3.32. The predicted octanol–water partition coefficient (Wildman–Crippen LogP) is 0.457. The molecule has 0 bridgehead atoms. The number of aryl methyl sites for hydroxylation is 2. The van der Waals surface area contributed by atoms with Crippen LogP contribution in [0.3, 0.4) is 0 Å². The van der Waals surface area contributed by atoms with Gasteiger partial charge in [0, 0.05) is 17.9 Å². The summed E-state index contributed by atoms with van der Waals surface area (Å²) in [5.41, 5.74) is 0.861. The number of hydrogen-bond donors (Lipinski definition) is 0. The summed E-state index contributed by atoms with van der Waals surface area (Å²) in [7, 11) is -4.11. The number of alkyl halides is 1. The van der Waals surface area contributed by atoms with Crippen LogP contribution in [0.5, 0.6) is 0 Å². The summed E-state index contributed by atoms with van der Waals surface area (Å²) < 4.78 is 33.2. The summed E-state index contributed by atoms with van der Waals surface area (Å²) in [5, 5.41) is 0.867. The molecule has 0 fully saturated rings. The van der Waals surface area contributed by atoms with E-state index >= 15 is 0 Å². The molecule has 4 nitrogen and oxygen atoms in total. The minimum absolute atomic E-state index is 0.279. The molecule has 1 aromatic heterocycles. The Bertz CT molecular complexity index is 402. The zero-order chi connectivity index (χ0) is 11.3. The molecule has 0 saturated carbocycles. The van der Waals surface area contributed by atoms with Crippen LogP contribution in [0.25, 0.3) is 0 Å². The van der Waals surface area contributed by atoms with Crippen LogP contribution in [0.1, 0.15) is 5.56 Å². The molecule has 0 spiro atoms. The van der Waals surface area contributed by atoms with Crippen LogP contribution in [-0.4, -0.2) is 24.1 Å². The van der Waals surface area contributed by atoms with Gasteiger partial charge < -0.3 is 4.55 Å². The zero-order valence-corrected chi connectivity index (χ0v) is 10.5. The van der Waals surface area contributed by atoms with E-state index in [2.05, 4.69) is 15.9 Å². The van der Waals surface area contributed by atoms with Crippen molar-refractivity contribution in [3.8, 4) is 0 Å². The first-order valence-electron chi connectivity index (χ1n) is 4.49. The van der Waals surface area contributed by atoms with E-state index in [0.29, 0.717) is 0 Å². The summed E-state index contributed by atoms with van der Waals surface area (Å²) in [6.45, 7) is 0.861. The Morgan fingerprint density at radius 1 is 1.33 bits per heavy atom. The Kier molecular flexibility index (Phi) is 4.69. The lowest BCUT2D eigenvalue weighted by Crippen LogP contribution is -2.33. The average molecular weight is 294 g/mol. The van der Waals surface area contributed by atoms with Crippen LogP contribution in [0.15, 0.2) is 24.5 Å². The second-order valence-corrected chi connectivity index (χ2v) is 5.46. The first-order valence-corrected chi connectivity index (χ1v) is 7.18. The van der Waals surface area contributed by atoms with Crippen LogP contribution < -0.4 is 4.57 Å². The first kappa shape index (κ1) is 12.6. The predicted molar refractivity (Wildman–Crippen MR) is 58.7 cm³/mol. The Balaban J connectivity index is 2.57. The molecule has 0 radical (unpaired) electrons. The summed E-state index contributed by atoms with van der Waals surface area (Å²) in [4.78, 5) is 0. The Labute approximate surface area is 97.8 Å². The van der Waals surface area contributed by atoms with Crippen molar-refractivity contribution in [1.29, 1.82) is 0 Å². The number of rotatable bonds is 5. The maximum atomic E-state index is 10.4. The van der Waals surface area contributed by atoms with Gasteiger partial charge in [-0.05, 0) is 12.0 Å². The molecule has 0 saturated heterocycles. The lowest BCUT2D eigenvalue weighted by molar-refractivity contribution is -0.692. The maximum Gasteiger partial charge on any atom is 0.169 e. The third kappa shape index (κ3) is 5.25. The van der Waals surface area contributed by atoms with Gasteiger partial charge in [-0.25, -0.2) is 13.0 Å². The van der Waals surface area contributed by atoms with Crippen LogP contribution >= 0.6 is 15.9 Å². The van der Waals surface area contributed by atoms with Crippen molar-refractivity contribution in [2.45, 2.75) is 13.0 Å². The molecular weight excluding hydrogens is 282 g/mol. The molecule has 0 atom stereocenters. The number of halogens is 1. The number of pyridine rings is 1. The fraction of sp³-hybridized carbons (Fsp3) is 0.444. The van der Waals surface area contributed by atoms with E-state index in [1.807, 2.05) is 29.1 Å². The fourth-order valence-electron chi connectivity index (χ4n) is 1.14. The molecule has 0 N–H and O–H groups in total. The van der Waals surface area contributed by atoms with Gasteiger partial charge in [0.2, 0.25) is 0 Å². The van der Waals surface area contributed by atoms with Crippen molar-refractivity contribution < 1.29 is 17.5 Å². The third-order valence-corrected chi connectivity index (χ3v) is 3.00. The fourth-order valence-corrected chi connectivity index (χ4v) is 2.04. The van der Waals surface area contributed by atoms with Crippen molar-refractivity contribution >= 4 is 26.0 Å². The topological polar surface area (TPSA) is 61.1 Å². The average Bonchev–Trinajstić information content (AvgIpc) is 2.16. The summed E-state index contributed by atoms with van der Waals surface area (Å²) in [6, 6.07) is 3.65. The van der Waals surface area contributed by atoms with E-state index in [0.717, 1.165) is 17.4 Å². The zero-order valence-electron chi connectivity index (χ0n) is 8.10. The van der Waals surface area contributed by atoms with Gasteiger partial charge in [-0.1, -0.05) is 15.9 Å². The van der Waals surface area contributed by atoms with Crippen molar-refractivity contribution in [3.63, 3.8) is 0 Å². The largest absolute Gasteiger partial charge is 0.748 e. The Hall–Kier alpha value is -0.460. The highest BCUT2D eigenvalue weighted by atomic mass is 79.9. The van der Waals surface area contributed by atoms with Crippen LogP contribution in [0, 0.1) is 0 Å². The van der Waals surface area contributed by atoms with Crippen LogP contribution in [-0.2, 0) is 23.1 Å². The van der Waals surface area contributed by atoms with Crippen LogP contribution in [0.4, 0.5) is 0 Å². The lowest BCUT2D eigenvalue weighted by atomic mass is 10.2. The molecule has 1 heterocycles. The SMILES string of the molecule is O=S(=O)([O-])CCc1cc[n+](CCBr)cc1. The normalized spacial score (nSPS) is 11.6. The molecule has 0 aliphatic heterocycles. The van der Waals surface area contributed by atoms with Gasteiger partial charge >= 0.3 is 0 Å². The molecule has 0 aliphatic rings. The minimum atomic E-state index is -4.11. The number of nitrogens with zero attached hydrogens (tertiary/aromatic N) is 1. The molecule has 0 amide bonds. The van der Waals surface area contributed by atoms with Gasteiger partial charge in [0.05, 0.1) is 15.4 Å². The smallest absolute Gasteiger partial charge is 0.169 e. The molecular formula is C9H12BrNO3S. The second kappa shape index (κ2) is 5.58. The number of hydrogen-bond acceptors (Lipinski definition) is 3. The standard InChI is InChI=1S/C9H12BrNO3S/c10-4-7-11-5-1-9(2-6-11)3-8-15(12,13)14/h1-2,5-6H,3-4,7-8H2. The van der Waals surface area contributed by atoms with Crippen molar-refractivity contribution in [2.75, 3.05) is 11.1 Å². The van der Waals surface area contributed by atoms with Crippen molar-refractivity contribution in [1.82, 2.24) is 0 Å². The molecule has 1 rings (SSSR count). The summed E-state index contributed by atoms with van der Waals surface area (Å²) in [5.74, 6) is -0.338. The maximum absolute atomic E-state index is 10.4. The van der Waals surface area contributed by atoms with E-state index < -0.39 is 10.1 Å². The molecule has 1 aromatic rings. The van der Waals surface area contributed by atoms with Crippen molar-refractivity contribution in [3.05, 3.63) is 30.1 Å². The van der Waals surface area contributed by atoms with Crippen LogP contribution in [0.2, 0.25) is 0 Å². The second-order valence-electron chi connectivity index (χ2n) is 3.15. The van der Waals surface area contributed by atoms with E-state index in [9.17, 15) is 13.0 Å². The van der Waals surface area contributed by atoms with Gasteiger partial charge in [0.25, 0.3) is 0 Å². The van der Waals surface area contributed by atoms with Gasteiger partial charge in [-0.2, -0.15) is 0 Å². The molecule has 84 valence electrons. The van der Waals surface area contributed by atoms with Gasteiger partial charge in [0.1, 0.15) is 0 Å². The van der Waals surface area contributed by atoms with Gasteiger partial charge in [-0.3, -0.25) is 0 Å². The van der Waals surface area contributed by atoms with E-state index in [4.69, 9.17) is 0 Å². The highest BCUT2D eigenvalue weighted by Gasteiger charge is 2.01. The lowest BCUT2D eigenvalue weighted by Gasteiger charge is -2.05. The molecule has 0 unspecified atom stereocenters. The monoisotopic (exact) mass is 293 g/mol. The summed E-state index contributed by atoms with van der Waals surface area (Å²) in [6.07, 6.45) is 4.02. The Morgan fingerprint density at radius 3 is 2.40 bits per heavy atom. The van der Waals surface area contributed by atoms with E-state index in [1.165, 1.54) is 0 Å². The highest BCUT2D eigenvalue weighted by molar-refractivity contribution is 9.09. The van der Waals surface area contributed by atoms with Crippen molar-refractivity contribution in [2.24, 2.45) is 0 Å². The van der Waals surface area contributed by atoms with E-state index in [1.54, 1.807) is 0 Å².